The predicted molar refractivity (Wildman–Crippen MR) is 64.6 cm³/mol. The molecule has 4 heteroatoms. The SMILES string of the molecule is CNC(CC(=O)OC)c1coc2ccccc12. The van der Waals surface area contributed by atoms with Crippen molar-refractivity contribution in [2.45, 2.75) is 12.5 Å². The molecule has 90 valence electrons. The number of carbonyl (C=O) groups excluding carboxylic acids is 1. The molecule has 0 saturated carbocycles. The fourth-order valence-electron chi connectivity index (χ4n) is 1.89. The second-order valence-electron chi connectivity index (χ2n) is 3.81. The lowest BCUT2D eigenvalue weighted by Gasteiger charge is -2.13. The summed E-state index contributed by atoms with van der Waals surface area (Å²) in [6, 6.07) is 7.67. The first kappa shape index (κ1) is 11.7. The topological polar surface area (TPSA) is 51.5 Å². The Kier molecular flexibility index (Phi) is 3.44. The van der Waals surface area contributed by atoms with E-state index in [1.165, 1.54) is 7.11 Å². The first-order valence-electron chi connectivity index (χ1n) is 5.46. The zero-order chi connectivity index (χ0) is 12.3. The van der Waals surface area contributed by atoms with E-state index in [0.29, 0.717) is 0 Å². The van der Waals surface area contributed by atoms with Gasteiger partial charge in [-0.25, -0.2) is 0 Å². The lowest BCUT2D eigenvalue weighted by Crippen LogP contribution is -2.20. The molecule has 0 amide bonds. The van der Waals surface area contributed by atoms with Gasteiger partial charge >= 0.3 is 5.97 Å². The van der Waals surface area contributed by atoms with Gasteiger partial charge in [0.2, 0.25) is 0 Å². The minimum Gasteiger partial charge on any atom is -0.469 e. The number of para-hydroxylation sites is 1. The normalized spacial score (nSPS) is 12.6. The van der Waals surface area contributed by atoms with E-state index in [4.69, 9.17) is 4.42 Å². The summed E-state index contributed by atoms with van der Waals surface area (Å²) in [5.41, 5.74) is 1.81. The van der Waals surface area contributed by atoms with Gasteiger partial charge in [0, 0.05) is 17.0 Å². The number of ether oxygens (including phenoxy) is 1. The number of hydrogen-bond acceptors (Lipinski definition) is 4. The molecule has 1 aromatic heterocycles. The number of furan rings is 1. The third kappa shape index (κ3) is 2.31. The van der Waals surface area contributed by atoms with Crippen molar-refractivity contribution in [1.82, 2.24) is 5.32 Å². The van der Waals surface area contributed by atoms with Crippen LogP contribution in [0.15, 0.2) is 34.9 Å². The summed E-state index contributed by atoms with van der Waals surface area (Å²) in [5.74, 6) is -0.241. The van der Waals surface area contributed by atoms with Crippen molar-refractivity contribution in [2.24, 2.45) is 0 Å². The summed E-state index contributed by atoms with van der Waals surface area (Å²) in [4.78, 5) is 11.3. The van der Waals surface area contributed by atoms with Crippen LogP contribution in [0.25, 0.3) is 11.0 Å². The Morgan fingerprint density at radius 3 is 2.94 bits per heavy atom. The van der Waals surface area contributed by atoms with Crippen molar-refractivity contribution in [3.8, 4) is 0 Å². The van der Waals surface area contributed by atoms with Crippen molar-refractivity contribution in [1.29, 1.82) is 0 Å². The zero-order valence-corrected chi connectivity index (χ0v) is 9.90. The molecule has 1 N–H and O–H groups in total. The maximum absolute atomic E-state index is 11.3. The van der Waals surface area contributed by atoms with Gasteiger partial charge in [-0.05, 0) is 13.1 Å². The number of hydrogen-bond donors (Lipinski definition) is 1. The van der Waals surface area contributed by atoms with Gasteiger partial charge in [-0.2, -0.15) is 0 Å². The molecule has 4 nitrogen and oxygen atoms in total. The highest BCUT2D eigenvalue weighted by Gasteiger charge is 2.18. The summed E-state index contributed by atoms with van der Waals surface area (Å²) in [7, 11) is 3.21. The van der Waals surface area contributed by atoms with Crippen LogP contribution in [0.1, 0.15) is 18.0 Å². The molecule has 1 heterocycles. The zero-order valence-electron chi connectivity index (χ0n) is 9.90. The highest BCUT2D eigenvalue weighted by molar-refractivity contribution is 5.82. The lowest BCUT2D eigenvalue weighted by atomic mass is 10.0. The molecule has 1 atom stereocenters. The molecule has 0 bridgehead atoms. The van der Waals surface area contributed by atoms with E-state index in [0.717, 1.165) is 16.5 Å². The second kappa shape index (κ2) is 5.01. The lowest BCUT2D eigenvalue weighted by molar-refractivity contribution is -0.141. The molecule has 2 rings (SSSR count). The number of nitrogens with one attached hydrogen (secondary N) is 1. The molecule has 1 aromatic carbocycles. The highest BCUT2D eigenvalue weighted by atomic mass is 16.5. The van der Waals surface area contributed by atoms with Crippen molar-refractivity contribution in [3.05, 3.63) is 36.1 Å². The van der Waals surface area contributed by atoms with E-state index < -0.39 is 0 Å². The van der Waals surface area contributed by atoms with Crippen molar-refractivity contribution in [2.75, 3.05) is 14.2 Å². The van der Waals surface area contributed by atoms with Crippen LogP contribution in [-0.4, -0.2) is 20.1 Å². The van der Waals surface area contributed by atoms with Gasteiger partial charge in [0.1, 0.15) is 5.58 Å². The Morgan fingerprint density at radius 1 is 1.47 bits per heavy atom. The number of esters is 1. The van der Waals surface area contributed by atoms with Gasteiger partial charge < -0.3 is 14.5 Å². The molecule has 17 heavy (non-hydrogen) atoms. The van der Waals surface area contributed by atoms with E-state index in [-0.39, 0.29) is 18.4 Å². The number of methoxy groups -OCH3 is 1. The molecule has 0 spiro atoms. The minimum atomic E-state index is -0.241. The maximum atomic E-state index is 11.3. The van der Waals surface area contributed by atoms with Crippen LogP contribution in [0, 0.1) is 0 Å². The van der Waals surface area contributed by atoms with Gasteiger partial charge in [0.25, 0.3) is 0 Å². The fourth-order valence-corrected chi connectivity index (χ4v) is 1.89. The van der Waals surface area contributed by atoms with Gasteiger partial charge in [-0.1, -0.05) is 18.2 Å². The van der Waals surface area contributed by atoms with Gasteiger partial charge in [-0.15, -0.1) is 0 Å². The Morgan fingerprint density at radius 2 is 2.24 bits per heavy atom. The minimum absolute atomic E-state index is 0.0916. The number of fused-ring (bicyclic) bond motifs is 1. The number of carbonyl (C=O) groups is 1. The smallest absolute Gasteiger partial charge is 0.307 e. The van der Waals surface area contributed by atoms with Crippen molar-refractivity contribution < 1.29 is 13.9 Å². The first-order chi connectivity index (χ1) is 8.26. The molecule has 0 aliphatic rings. The molecule has 0 radical (unpaired) electrons. The molecule has 0 saturated heterocycles. The van der Waals surface area contributed by atoms with Gasteiger partial charge in [-0.3, -0.25) is 4.79 Å². The number of benzene rings is 1. The molecule has 0 aliphatic heterocycles. The van der Waals surface area contributed by atoms with Crippen molar-refractivity contribution >= 4 is 16.9 Å². The fraction of sp³-hybridized carbons (Fsp3) is 0.308. The van der Waals surface area contributed by atoms with Crippen LogP contribution < -0.4 is 5.32 Å². The van der Waals surface area contributed by atoms with E-state index >= 15 is 0 Å². The predicted octanol–water partition coefficient (Wildman–Crippen LogP) is 2.26. The molecular formula is C13H15NO3. The van der Waals surface area contributed by atoms with Crippen LogP contribution in [0.3, 0.4) is 0 Å². The summed E-state index contributed by atoms with van der Waals surface area (Å²) < 4.78 is 10.1. The Labute approximate surface area is 99.6 Å². The summed E-state index contributed by atoms with van der Waals surface area (Å²) in [6.45, 7) is 0. The molecule has 2 aromatic rings. The van der Waals surface area contributed by atoms with Gasteiger partial charge in [0.05, 0.1) is 19.8 Å². The standard InChI is InChI=1S/C13H15NO3/c1-14-11(7-13(15)16-2)10-8-17-12-6-4-3-5-9(10)12/h3-6,8,11,14H,7H2,1-2H3. The van der Waals surface area contributed by atoms with E-state index in [2.05, 4.69) is 10.1 Å². The summed E-state index contributed by atoms with van der Waals surface area (Å²) in [5, 5.41) is 4.12. The third-order valence-corrected chi connectivity index (χ3v) is 2.83. The van der Waals surface area contributed by atoms with E-state index in [1.807, 2.05) is 31.3 Å². The molecule has 1 unspecified atom stereocenters. The highest BCUT2D eigenvalue weighted by Crippen LogP contribution is 2.27. The number of rotatable bonds is 4. The summed E-state index contributed by atoms with van der Waals surface area (Å²) in [6.07, 6.45) is 1.98. The average Bonchev–Trinajstić information content (AvgIpc) is 2.79. The summed E-state index contributed by atoms with van der Waals surface area (Å²) >= 11 is 0. The maximum Gasteiger partial charge on any atom is 0.307 e. The molecule has 0 aliphatic carbocycles. The van der Waals surface area contributed by atoms with Crippen LogP contribution in [-0.2, 0) is 9.53 Å². The monoisotopic (exact) mass is 233 g/mol. The Balaban J connectivity index is 2.33. The Bertz CT molecular complexity index is 518. The third-order valence-electron chi connectivity index (χ3n) is 2.83. The Hall–Kier alpha value is -1.81. The van der Waals surface area contributed by atoms with Crippen molar-refractivity contribution in [3.63, 3.8) is 0 Å². The van der Waals surface area contributed by atoms with Crippen LogP contribution in [0.5, 0.6) is 0 Å². The second-order valence-corrected chi connectivity index (χ2v) is 3.81. The average molecular weight is 233 g/mol. The largest absolute Gasteiger partial charge is 0.469 e. The van der Waals surface area contributed by atoms with E-state index in [9.17, 15) is 4.79 Å². The van der Waals surface area contributed by atoms with Crippen LogP contribution >= 0.6 is 0 Å². The van der Waals surface area contributed by atoms with Crippen LogP contribution in [0.4, 0.5) is 0 Å². The quantitative estimate of drug-likeness (QED) is 0.823. The van der Waals surface area contributed by atoms with Gasteiger partial charge in [0.15, 0.2) is 0 Å². The molecule has 0 fully saturated rings. The van der Waals surface area contributed by atoms with E-state index in [1.54, 1.807) is 6.26 Å². The van der Waals surface area contributed by atoms with Crippen LogP contribution in [0.2, 0.25) is 0 Å². The molecular weight excluding hydrogens is 218 g/mol. The first-order valence-corrected chi connectivity index (χ1v) is 5.46.